The molecule has 0 aliphatic carbocycles. The molecule has 2 aliphatic heterocycles. The van der Waals surface area contributed by atoms with Gasteiger partial charge in [0.1, 0.15) is 18.0 Å². The minimum absolute atomic E-state index is 0.0428. The molecule has 0 spiro atoms. The predicted molar refractivity (Wildman–Crippen MR) is 111 cm³/mol. The second kappa shape index (κ2) is 9.25. The Bertz CT molecular complexity index is 1040. The van der Waals surface area contributed by atoms with Gasteiger partial charge in [0.25, 0.3) is 11.8 Å². The van der Waals surface area contributed by atoms with Gasteiger partial charge in [-0.1, -0.05) is 24.3 Å². The summed E-state index contributed by atoms with van der Waals surface area (Å²) in [5.74, 6) is -0.979. The van der Waals surface area contributed by atoms with Gasteiger partial charge in [0.05, 0.1) is 6.07 Å². The minimum atomic E-state index is -0.872. The van der Waals surface area contributed by atoms with E-state index in [2.05, 4.69) is 16.0 Å². The van der Waals surface area contributed by atoms with E-state index in [1.54, 1.807) is 18.2 Å². The molecule has 160 valence electrons. The number of nitrogens with one attached hydrogen (secondary N) is 3. The average molecular weight is 422 g/mol. The Hall–Kier alpha value is -3.28. The number of nitriles is 1. The van der Waals surface area contributed by atoms with Crippen molar-refractivity contribution in [2.45, 2.75) is 31.5 Å². The molecule has 1 saturated heterocycles. The lowest BCUT2D eigenvalue weighted by Gasteiger charge is -2.18. The molecule has 3 N–H and O–H groups in total. The van der Waals surface area contributed by atoms with E-state index in [1.165, 1.54) is 6.07 Å². The van der Waals surface area contributed by atoms with Crippen LogP contribution >= 0.6 is 0 Å². The third kappa shape index (κ3) is 4.74. The number of ether oxygens (including phenoxy) is 1. The fourth-order valence-electron chi connectivity index (χ4n) is 3.78. The van der Waals surface area contributed by atoms with E-state index in [0.29, 0.717) is 36.4 Å². The summed E-state index contributed by atoms with van der Waals surface area (Å²) in [7, 11) is 0. The first-order chi connectivity index (χ1) is 15.0. The fraction of sp³-hybridized carbons (Fsp3) is 0.348. The van der Waals surface area contributed by atoms with Crippen LogP contribution in [0.4, 0.5) is 4.39 Å². The van der Waals surface area contributed by atoms with Crippen LogP contribution in [0.15, 0.2) is 36.4 Å². The van der Waals surface area contributed by atoms with Crippen LogP contribution in [0.2, 0.25) is 0 Å². The highest BCUT2D eigenvalue weighted by Gasteiger charge is 2.24. The monoisotopic (exact) mass is 422 g/mol. The molecule has 0 saturated carbocycles. The number of nitrogens with zero attached hydrogens (tertiary/aromatic N) is 1. The molecule has 2 atom stereocenters. The summed E-state index contributed by atoms with van der Waals surface area (Å²) in [5, 5.41) is 18.0. The number of hydrogen-bond acceptors (Lipinski definition) is 5. The Morgan fingerprint density at radius 2 is 2.10 bits per heavy atom. The smallest absolute Gasteiger partial charge is 0.251 e. The first kappa shape index (κ1) is 21.0. The average Bonchev–Trinajstić information content (AvgIpc) is 2.97. The Balaban J connectivity index is 1.45. The molecule has 2 amide bonds. The highest BCUT2D eigenvalue weighted by molar-refractivity contribution is 5.99. The molecule has 1 fully saturated rings. The molecule has 1 unspecified atom stereocenters. The first-order valence-electron chi connectivity index (χ1n) is 10.3. The van der Waals surface area contributed by atoms with E-state index >= 15 is 0 Å². The van der Waals surface area contributed by atoms with Gasteiger partial charge in [0, 0.05) is 31.7 Å². The second-order valence-electron chi connectivity index (χ2n) is 7.67. The number of amides is 2. The third-order valence-corrected chi connectivity index (χ3v) is 5.52. The zero-order valence-electron chi connectivity index (χ0n) is 16.9. The lowest BCUT2D eigenvalue weighted by atomic mass is 9.97. The van der Waals surface area contributed by atoms with Crippen molar-refractivity contribution < 1.29 is 18.7 Å². The van der Waals surface area contributed by atoms with E-state index in [1.807, 2.05) is 18.2 Å². The van der Waals surface area contributed by atoms with Gasteiger partial charge in [-0.25, -0.2) is 4.39 Å². The minimum Gasteiger partial charge on any atom is -0.367 e. The second-order valence-corrected chi connectivity index (χ2v) is 7.67. The van der Waals surface area contributed by atoms with Crippen molar-refractivity contribution in [1.29, 1.82) is 5.26 Å². The molecule has 7 nitrogen and oxygen atoms in total. The molecule has 0 radical (unpaired) electrons. The first-order valence-corrected chi connectivity index (χ1v) is 10.3. The number of carbonyl (C=O) groups is 2. The van der Waals surface area contributed by atoms with Crippen LogP contribution in [0.5, 0.6) is 0 Å². The van der Waals surface area contributed by atoms with Gasteiger partial charge in [-0.3, -0.25) is 9.59 Å². The largest absolute Gasteiger partial charge is 0.367 e. The van der Waals surface area contributed by atoms with E-state index in [0.717, 1.165) is 24.1 Å². The van der Waals surface area contributed by atoms with Crippen LogP contribution in [0.3, 0.4) is 0 Å². The number of halogens is 1. The fourth-order valence-corrected chi connectivity index (χ4v) is 3.78. The molecule has 2 heterocycles. The lowest BCUT2D eigenvalue weighted by Crippen LogP contribution is -2.46. The molecule has 0 bridgehead atoms. The van der Waals surface area contributed by atoms with Crippen molar-refractivity contribution in [3.63, 3.8) is 0 Å². The van der Waals surface area contributed by atoms with Crippen LogP contribution in [-0.2, 0) is 22.5 Å². The van der Waals surface area contributed by atoms with Gasteiger partial charge in [-0.05, 0) is 47.4 Å². The summed E-state index contributed by atoms with van der Waals surface area (Å²) >= 11 is 0. The van der Waals surface area contributed by atoms with Crippen LogP contribution in [-0.4, -0.2) is 43.7 Å². The maximum atomic E-state index is 14.8. The van der Waals surface area contributed by atoms with Gasteiger partial charge < -0.3 is 20.7 Å². The highest BCUT2D eigenvalue weighted by atomic mass is 19.1. The summed E-state index contributed by atoms with van der Waals surface area (Å²) < 4.78 is 20.3. The molecule has 0 aromatic heterocycles. The standard InChI is InChI=1S/C23H23FN4O3/c24-20-10-15(14-3-5-17-12-27-22(29)19(17)9-14)2-4-16(20)8-18(11-25)28-23(30)21-13-26-6-1-7-31-21/h2-5,9-10,18,21,26H,1,6-8,12-13H2,(H,27,29)(H,28,30)/t18-,21?/m0/s1. The molecular weight excluding hydrogens is 399 g/mol. The summed E-state index contributed by atoms with van der Waals surface area (Å²) in [5.41, 5.74) is 3.23. The maximum absolute atomic E-state index is 14.8. The number of carbonyl (C=O) groups excluding carboxylic acids is 2. The Morgan fingerprint density at radius 3 is 2.90 bits per heavy atom. The number of benzene rings is 2. The van der Waals surface area contributed by atoms with E-state index in [4.69, 9.17) is 4.74 Å². The molecule has 31 heavy (non-hydrogen) atoms. The Morgan fingerprint density at radius 1 is 1.29 bits per heavy atom. The summed E-state index contributed by atoms with van der Waals surface area (Å²) in [6.45, 7) is 2.14. The van der Waals surface area contributed by atoms with E-state index in [-0.39, 0.29) is 18.2 Å². The van der Waals surface area contributed by atoms with Crippen molar-refractivity contribution in [3.05, 3.63) is 58.9 Å². The third-order valence-electron chi connectivity index (χ3n) is 5.52. The van der Waals surface area contributed by atoms with Gasteiger partial charge in [0.2, 0.25) is 0 Å². The topological polar surface area (TPSA) is 103 Å². The Labute approximate surface area is 179 Å². The lowest BCUT2D eigenvalue weighted by molar-refractivity contribution is -0.132. The van der Waals surface area contributed by atoms with Crippen LogP contribution < -0.4 is 16.0 Å². The molecular formula is C23H23FN4O3. The van der Waals surface area contributed by atoms with Crippen molar-refractivity contribution in [2.24, 2.45) is 0 Å². The van der Waals surface area contributed by atoms with Crippen molar-refractivity contribution in [1.82, 2.24) is 16.0 Å². The maximum Gasteiger partial charge on any atom is 0.251 e. The number of hydrogen-bond donors (Lipinski definition) is 3. The van der Waals surface area contributed by atoms with Gasteiger partial charge in [0.15, 0.2) is 0 Å². The van der Waals surface area contributed by atoms with Crippen molar-refractivity contribution in [2.75, 3.05) is 19.7 Å². The van der Waals surface area contributed by atoms with Gasteiger partial charge >= 0.3 is 0 Å². The van der Waals surface area contributed by atoms with Crippen molar-refractivity contribution >= 4 is 11.8 Å². The zero-order chi connectivity index (χ0) is 21.8. The van der Waals surface area contributed by atoms with Gasteiger partial charge in [-0.15, -0.1) is 0 Å². The van der Waals surface area contributed by atoms with Gasteiger partial charge in [-0.2, -0.15) is 5.26 Å². The van der Waals surface area contributed by atoms with Crippen molar-refractivity contribution in [3.8, 4) is 17.2 Å². The van der Waals surface area contributed by atoms with E-state index < -0.39 is 18.0 Å². The zero-order valence-corrected chi connectivity index (χ0v) is 16.9. The summed E-state index contributed by atoms with van der Waals surface area (Å²) in [4.78, 5) is 24.3. The SMILES string of the molecule is N#C[C@H](Cc1ccc(-c2ccc3c(c2)C(=O)NC3)cc1F)NC(=O)C1CNCCCO1. The summed E-state index contributed by atoms with van der Waals surface area (Å²) in [6.07, 6.45) is 0.196. The van der Waals surface area contributed by atoms with Crippen LogP contribution in [0.1, 0.15) is 27.9 Å². The van der Waals surface area contributed by atoms with E-state index in [9.17, 15) is 19.2 Å². The number of fused-ring (bicyclic) bond motifs is 1. The molecule has 4 rings (SSSR count). The molecule has 8 heteroatoms. The van der Waals surface area contributed by atoms with Crippen LogP contribution in [0.25, 0.3) is 11.1 Å². The number of rotatable bonds is 5. The quantitative estimate of drug-likeness (QED) is 0.680. The molecule has 2 aliphatic rings. The molecule has 2 aromatic carbocycles. The van der Waals surface area contributed by atoms with Crippen LogP contribution in [0, 0.1) is 17.1 Å². The normalized spacial score (nSPS) is 19.0. The highest BCUT2D eigenvalue weighted by Crippen LogP contribution is 2.27. The molecule has 2 aromatic rings. The Kier molecular flexibility index (Phi) is 6.26. The summed E-state index contributed by atoms with van der Waals surface area (Å²) in [6, 6.07) is 11.4. The predicted octanol–water partition coefficient (Wildman–Crippen LogP) is 1.67.